The average Bonchev–Trinajstić information content (AvgIpc) is 3.00. The van der Waals surface area contributed by atoms with E-state index >= 15 is 0 Å². The molecule has 0 spiro atoms. The molecule has 0 N–H and O–H groups in total. The van der Waals surface area contributed by atoms with Gasteiger partial charge in [0.2, 0.25) is 0 Å². The van der Waals surface area contributed by atoms with Crippen molar-refractivity contribution < 1.29 is 9.53 Å². The molecule has 132 valence electrons. The van der Waals surface area contributed by atoms with Gasteiger partial charge in [-0.3, -0.25) is 4.68 Å². The zero-order valence-corrected chi connectivity index (χ0v) is 15.2. The lowest BCUT2D eigenvalue weighted by atomic mass is 9.98. The van der Waals surface area contributed by atoms with Crippen molar-refractivity contribution in [3.05, 3.63) is 42.1 Å². The fourth-order valence-electron chi connectivity index (χ4n) is 2.76. The standard InChI is InChI=1S/C19H24N4O2/c1-19(2,3)25-18(24)23-11-9-15(10-12-23)14-5-7-16(8-6-14)17-13-22(4)21-20-17/h5-9,13H,10-12H2,1-4H3. The number of rotatable bonds is 2. The van der Waals surface area contributed by atoms with Crippen molar-refractivity contribution in [2.75, 3.05) is 13.1 Å². The van der Waals surface area contributed by atoms with Crippen LogP contribution in [0.1, 0.15) is 32.8 Å². The van der Waals surface area contributed by atoms with Crippen molar-refractivity contribution in [2.45, 2.75) is 32.8 Å². The molecule has 1 aromatic carbocycles. The smallest absolute Gasteiger partial charge is 0.410 e. The molecule has 6 heteroatoms. The fourth-order valence-corrected chi connectivity index (χ4v) is 2.76. The minimum absolute atomic E-state index is 0.249. The largest absolute Gasteiger partial charge is 0.444 e. The normalized spacial score (nSPS) is 15.0. The summed E-state index contributed by atoms with van der Waals surface area (Å²) in [7, 11) is 1.86. The first-order valence-electron chi connectivity index (χ1n) is 8.46. The molecule has 0 saturated carbocycles. The van der Waals surface area contributed by atoms with Gasteiger partial charge < -0.3 is 9.64 Å². The number of carbonyl (C=O) groups excluding carboxylic acids is 1. The zero-order valence-electron chi connectivity index (χ0n) is 15.2. The summed E-state index contributed by atoms with van der Waals surface area (Å²) in [6, 6.07) is 8.30. The molecule has 0 aliphatic carbocycles. The highest BCUT2D eigenvalue weighted by atomic mass is 16.6. The van der Waals surface area contributed by atoms with Gasteiger partial charge in [0.15, 0.2) is 0 Å². The van der Waals surface area contributed by atoms with Crippen molar-refractivity contribution in [3.63, 3.8) is 0 Å². The Kier molecular flexibility index (Phi) is 4.61. The van der Waals surface area contributed by atoms with Crippen LogP contribution in [0, 0.1) is 0 Å². The van der Waals surface area contributed by atoms with Crippen LogP contribution in [0.25, 0.3) is 16.8 Å². The van der Waals surface area contributed by atoms with E-state index in [0.717, 1.165) is 17.7 Å². The first-order chi connectivity index (χ1) is 11.8. The van der Waals surface area contributed by atoms with Gasteiger partial charge in [-0.05, 0) is 38.3 Å². The SMILES string of the molecule is Cn1cc(-c2ccc(C3=CCN(C(=O)OC(C)(C)C)CC3)cc2)nn1. The van der Waals surface area contributed by atoms with E-state index in [1.807, 2.05) is 34.0 Å². The molecule has 2 heterocycles. The molecule has 1 aromatic heterocycles. The van der Waals surface area contributed by atoms with E-state index in [9.17, 15) is 4.79 Å². The summed E-state index contributed by atoms with van der Waals surface area (Å²) >= 11 is 0. The molecule has 0 saturated heterocycles. The van der Waals surface area contributed by atoms with Gasteiger partial charge in [-0.15, -0.1) is 5.10 Å². The number of aryl methyl sites for hydroxylation is 1. The Morgan fingerprint density at radius 2 is 1.84 bits per heavy atom. The Bertz CT molecular complexity index is 785. The molecule has 3 rings (SSSR count). The van der Waals surface area contributed by atoms with Crippen molar-refractivity contribution in [1.82, 2.24) is 19.9 Å². The average molecular weight is 340 g/mol. The predicted octanol–water partition coefficient (Wildman–Crippen LogP) is 3.51. The number of benzene rings is 1. The summed E-state index contributed by atoms with van der Waals surface area (Å²) in [5, 5.41) is 8.09. The van der Waals surface area contributed by atoms with Gasteiger partial charge >= 0.3 is 6.09 Å². The second kappa shape index (κ2) is 6.70. The van der Waals surface area contributed by atoms with Crippen LogP contribution < -0.4 is 0 Å². The summed E-state index contributed by atoms with van der Waals surface area (Å²) in [6.07, 6.45) is 4.57. The molecule has 1 aliphatic heterocycles. The second-order valence-corrected chi connectivity index (χ2v) is 7.26. The quantitative estimate of drug-likeness (QED) is 0.839. The van der Waals surface area contributed by atoms with E-state index < -0.39 is 5.60 Å². The van der Waals surface area contributed by atoms with Crippen molar-refractivity contribution in [3.8, 4) is 11.3 Å². The second-order valence-electron chi connectivity index (χ2n) is 7.26. The summed E-state index contributed by atoms with van der Waals surface area (Å²) in [5.41, 5.74) is 3.88. The van der Waals surface area contributed by atoms with Gasteiger partial charge in [0.05, 0.1) is 6.20 Å². The molecule has 2 aromatic rings. The molecule has 0 fully saturated rings. The lowest BCUT2D eigenvalue weighted by Gasteiger charge is -2.29. The number of hydrogen-bond donors (Lipinski definition) is 0. The van der Waals surface area contributed by atoms with Crippen molar-refractivity contribution in [2.24, 2.45) is 7.05 Å². The maximum absolute atomic E-state index is 12.1. The first-order valence-corrected chi connectivity index (χ1v) is 8.46. The van der Waals surface area contributed by atoms with Crippen LogP contribution in [0.3, 0.4) is 0 Å². The van der Waals surface area contributed by atoms with Gasteiger partial charge in [0.25, 0.3) is 0 Å². The van der Waals surface area contributed by atoms with E-state index in [2.05, 4.69) is 40.7 Å². The molecule has 0 atom stereocenters. The summed E-state index contributed by atoms with van der Waals surface area (Å²) in [5.74, 6) is 0. The Morgan fingerprint density at radius 1 is 1.16 bits per heavy atom. The van der Waals surface area contributed by atoms with Crippen molar-refractivity contribution in [1.29, 1.82) is 0 Å². The molecule has 0 radical (unpaired) electrons. The summed E-state index contributed by atoms with van der Waals surface area (Å²) < 4.78 is 7.12. The minimum atomic E-state index is -0.461. The van der Waals surface area contributed by atoms with Gasteiger partial charge in [0, 0.05) is 25.7 Å². The van der Waals surface area contributed by atoms with Gasteiger partial charge in [-0.2, -0.15) is 0 Å². The van der Waals surface area contributed by atoms with Crippen LogP contribution in [-0.2, 0) is 11.8 Å². The summed E-state index contributed by atoms with van der Waals surface area (Å²) in [6.45, 7) is 6.90. The molecule has 6 nitrogen and oxygen atoms in total. The lowest BCUT2D eigenvalue weighted by molar-refractivity contribution is 0.0270. The monoisotopic (exact) mass is 340 g/mol. The molecule has 25 heavy (non-hydrogen) atoms. The van der Waals surface area contributed by atoms with Crippen LogP contribution in [0.2, 0.25) is 0 Å². The van der Waals surface area contributed by atoms with E-state index in [-0.39, 0.29) is 6.09 Å². The Balaban J connectivity index is 1.66. The molecule has 1 aliphatic rings. The van der Waals surface area contributed by atoms with Crippen LogP contribution in [0.15, 0.2) is 36.5 Å². The zero-order chi connectivity index (χ0) is 18.0. The lowest BCUT2D eigenvalue weighted by Crippen LogP contribution is -2.39. The minimum Gasteiger partial charge on any atom is -0.444 e. The number of aromatic nitrogens is 3. The van der Waals surface area contributed by atoms with E-state index in [1.54, 1.807) is 9.58 Å². The summed E-state index contributed by atoms with van der Waals surface area (Å²) in [4.78, 5) is 13.9. The van der Waals surface area contributed by atoms with Gasteiger partial charge in [0.1, 0.15) is 11.3 Å². The predicted molar refractivity (Wildman–Crippen MR) is 96.8 cm³/mol. The number of ether oxygens (including phenoxy) is 1. The maximum Gasteiger partial charge on any atom is 0.410 e. The Labute approximate surface area is 148 Å². The highest BCUT2D eigenvalue weighted by Gasteiger charge is 2.23. The Morgan fingerprint density at radius 3 is 2.36 bits per heavy atom. The van der Waals surface area contributed by atoms with E-state index in [4.69, 9.17) is 4.74 Å². The third-order valence-electron chi connectivity index (χ3n) is 4.01. The third-order valence-corrected chi connectivity index (χ3v) is 4.01. The highest BCUT2D eigenvalue weighted by molar-refractivity contribution is 5.73. The molecular formula is C19H24N4O2. The van der Waals surface area contributed by atoms with E-state index in [1.165, 1.54) is 11.1 Å². The highest BCUT2D eigenvalue weighted by Crippen LogP contribution is 2.25. The Hall–Kier alpha value is -2.63. The van der Waals surface area contributed by atoms with Gasteiger partial charge in [-0.1, -0.05) is 35.6 Å². The number of amides is 1. The topological polar surface area (TPSA) is 60.2 Å². The first kappa shape index (κ1) is 17.2. The molecular weight excluding hydrogens is 316 g/mol. The van der Waals surface area contributed by atoms with Gasteiger partial charge in [-0.25, -0.2) is 4.79 Å². The van der Waals surface area contributed by atoms with Crippen LogP contribution in [0.4, 0.5) is 4.79 Å². The molecule has 0 bridgehead atoms. The number of nitrogens with zero attached hydrogens (tertiary/aromatic N) is 4. The van der Waals surface area contributed by atoms with Crippen LogP contribution in [-0.4, -0.2) is 44.7 Å². The van der Waals surface area contributed by atoms with E-state index in [0.29, 0.717) is 13.1 Å². The van der Waals surface area contributed by atoms with Crippen molar-refractivity contribution >= 4 is 11.7 Å². The van der Waals surface area contributed by atoms with Crippen LogP contribution >= 0.6 is 0 Å². The maximum atomic E-state index is 12.1. The number of hydrogen-bond acceptors (Lipinski definition) is 4. The third kappa shape index (κ3) is 4.26. The molecule has 1 amide bonds. The van der Waals surface area contributed by atoms with Crippen LogP contribution in [0.5, 0.6) is 0 Å². The fraction of sp³-hybridized carbons (Fsp3) is 0.421. The number of carbonyl (C=O) groups is 1. The molecule has 0 unspecified atom stereocenters.